The number of rotatable bonds is 7. The summed E-state index contributed by atoms with van der Waals surface area (Å²) in [4.78, 5) is 14.4. The van der Waals surface area contributed by atoms with Gasteiger partial charge in [0, 0.05) is 30.1 Å². The summed E-state index contributed by atoms with van der Waals surface area (Å²) in [5.74, 6) is 0.974. The largest absolute Gasteiger partial charge is 0.352 e. The van der Waals surface area contributed by atoms with Gasteiger partial charge in [-0.1, -0.05) is 28.1 Å². The molecule has 1 aliphatic heterocycles. The number of carbonyl (C=O) groups excluding carboxylic acids is 1. The predicted molar refractivity (Wildman–Crippen MR) is 96.2 cm³/mol. The Morgan fingerprint density at radius 2 is 1.83 bits per heavy atom. The second kappa shape index (κ2) is 8.27. The molecule has 1 aromatic carbocycles. The number of hydrogen-bond acceptors (Lipinski definition) is 3. The average molecular weight is 380 g/mol. The van der Waals surface area contributed by atoms with Crippen LogP contribution in [-0.4, -0.2) is 43.0 Å². The third-order valence-electron chi connectivity index (χ3n) is 4.69. The summed E-state index contributed by atoms with van der Waals surface area (Å²) in [7, 11) is 0. The Morgan fingerprint density at radius 3 is 2.48 bits per heavy atom. The van der Waals surface area contributed by atoms with Gasteiger partial charge in [-0.15, -0.1) is 0 Å². The van der Waals surface area contributed by atoms with E-state index in [0.29, 0.717) is 12.6 Å². The number of piperidine rings is 1. The van der Waals surface area contributed by atoms with Gasteiger partial charge in [-0.05, 0) is 55.8 Å². The van der Waals surface area contributed by atoms with Crippen molar-refractivity contribution in [2.24, 2.45) is 5.92 Å². The minimum absolute atomic E-state index is 0.150. The Labute approximate surface area is 147 Å². The summed E-state index contributed by atoms with van der Waals surface area (Å²) >= 11 is 3.47. The lowest BCUT2D eigenvalue weighted by Gasteiger charge is -2.32. The molecule has 0 bridgehead atoms. The van der Waals surface area contributed by atoms with E-state index >= 15 is 0 Å². The number of halogens is 1. The van der Waals surface area contributed by atoms with Crippen molar-refractivity contribution in [3.05, 3.63) is 34.3 Å². The maximum atomic E-state index is 11.9. The monoisotopic (exact) mass is 379 g/mol. The highest BCUT2D eigenvalue weighted by Crippen LogP contribution is 2.27. The molecule has 1 saturated heterocycles. The highest BCUT2D eigenvalue weighted by Gasteiger charge is 2.22. The molecule has 1 amide bonds. The van der Waals surface area contributed by atoms with Gasteiger partial charge in [0.25, 0.3) is 0 Å². The molecule has 2 fully saturated rings. The second-order valence-corrected chi connectivity index (χ2v) is 7.73. The molecule has 0 radical (unpaired) electrons. The maximum Gasteiger partial charge on any atom is 0.234 e. The zero-order valence-electron chi connectivity index (χ0n) is 13.6. The molecule has 5 heteroatoms. The summed E-state index contributed by atoms with van der Waals surface area (Å²) in [5.41, 5.74) is 1.35. The van der Waals surface area contributed by atoms with Crippen molar-refractivity contribution in [3.63, 3.8) is 0 Å². The molecule has 1 aliphatic carbocycles. The Kier molecular flexibility index (Phi) is 6.08. The van der Waals surface area contributed by atoms with Crippen LogP contribution in [0.15, 0.2) is 28.7 Å². The number of nitrogens with one attached hydrogen (secondary N) is 2. The molecule has 126 valence electrons. The fourth-order valence-corrected chi connectivity index (χ4v) is 3.34. The highest BCUT2D eigenvalue weighted by molar-refractivity contribution is 9.10. The lowest BCUT2D eigenvalue weighted by atomic mass is 10.0. The molecule has 0 unspecified atom stereocenters. The Morgan fingerprint density at radius 1 is 1.13 bits per heavy atom. The number of carbonyl (C=O) groups is 1. The van der Waals surface area contributed by atoms with Crippen molar-refractivity contribution >= 4 is 21.8 Å². The smallest absolute Gasteiger partial charge is 0.234 e. The molecule has 2 aliphatic rings. The molecule has 23 heavy (non-hydrogen) atoms. The molecule has 1 aromatic rings. The minimum Gasteiger partial charge on any atom is -0.352 e. The number of amides is 1. The maximum absolute atomic E-state index is 11.9. The first-order chi connectivity index (χ1) is 11.2. The number of benzene rings is 1. The van der Waals surface area contributed by atoms with E-state index in [0.717, 1.165) is 49.4 Å². The molecule has 2 N–H and O–H groups in total. The van der Waals surface area contributed by atoms with Gasteiger partial charge in [0.15, 0.2) is 0 Å². The van der Waals surface area contributed by atoms with Gasteiger partial charge < -0.3 is 10.6 Å². The zero-order chi connectivity index (χ0) is 16.1. The first-order valence-electron chi connectivity index (χ1n) is 8.66. The van der Waals surface area contributed by atoms with Crippen LogP contribution in [0.4, 0.5) is 0 Å². The van der Waals surface area contributed by atoms with Crippen molar-refractivity contribution in [2.45, 2.75) is 38.3 Å². The van der Waals surface area contributed by atoms with Crippen molar-refractivity contribution in [1.82, 2.24) is 15.5 Å². The van der Waals surface area contributed by atoms with Crippen LogP contribution < -0.4 is 10.6 Å². The van der Waals surface area contributed by atoms with E-state index in [1.807, 2.05) is 0 Å². The first kappa shape index (κ1) is 16.9. The predicted octanol–water partition coefficient (Wildman–Crippen LogP) is 2.53. The van der Waals surface area contributed by atoms with Gasteiger partial charge in [-0.25, -0.2) is 0 Å². The molecule has 1 saturated carbocycles. The van der Waals surface area contributed by atoms with Gasteiger partial charge >= 0.3 is 0 Å². The van der Waals surface area contributed by atoms with Crippen LogP contribution in [0.1, 0.15) is 31.2 Å². The second-order valence-electron chi connectivity index (χ2n) is 6.82. The molecule has 0 spiro atoms. The fraction of sp³-hybridized carbons (Fsp3) is 0.611. The molecule has 4 nitrogen and oxygen atoms in total. The van der Waals surface area contributed by atoms with E-state index in [1.54, 1.807) is 0 Å². The van der Waals surface area contributed by atoms with Gasteiger partial charge in [-0.3, -0.25) is 9.69 Å². The van der Waals surface area contributed by atoms with E-state index in [-0.39, 0.29) is 5.91 Å². The van der Waals surface area contributed by atoms with Crippen LogP contribution in [0.25, 0.3) is 0 Å². The molecule has 1 heterocycles. The third kappa shape index (κ3) is 5.90. The Bertz CT molecular complexity index is 508. The molecule has 0 aromatic heterocycles. The van der Waals surface area contributed by atoms with Crippen molar-refractivity contribution in [1.29, 1.82) is 0 Å². The fourth-order valence-electron chi connectivity index (χ4n) is 3.07. The van der Waals surface area contributed by atoms with Crippen LogP contribution in [0.5, 0.6) is 0 Å². The SMILES string of the molecule is O=C(CNCC1CC1)NC1CCN(Cc2ccc(Br)cc2)CC1. The van der Waals surface area contributed by atoms with Crippen molar-refractivity contribution < 1.29 is 4.79 Å². The summed E-state index contributed by atoms with van der Waals surface area (Å²) in [5, 5.41) is 6.43. The third-order valence-corrected chi connectivity index (χ3v) is 5.22. The molecular formula is C18H26BrN3O. The Hall–Kier alpha value is -0.910. The van der Waals surface area contributed by atoms with Crippen LogP contribution in [0, 0.1) is 5.92 Å². The van der Waals surface area contributed by atoms with Crippen LogP contribution in [-0.2, 0) is 11.3 Å². The summed E-state index contributed by atoms with van der Waals surface area (Å²) in [6, 6.07) is 8.87. The normalized spacial score (nSPS) is 19.7. The lowest BCUT2D eigenvalue weighted by molar-refractivity contribution is -0.121. The molecular weight excluding hydrogens is 354 g/mol. The van der Waals surface area contributed by atoms with Gasteiger partial charge in [-0.2, -0.15) is 0 Å². The van der Waals surface area contributed by atoms with E-state index in [4.69, 9.17) is 0 Å². The van der Waals surface area contributed by atoms with Crippen molar-refractivity contribution in [2.75, 3.05) is 26.2 Å². The topological polar surface area (TPSA) is 44.4 Å². The number of likely N-dealkylation sites (tertiary alicyclic amines) is 1. The zero-order valence-corrected chi connectivity index (χ0v) is 15.1. The van der Waals surface area contributed by atoms with E-state index in [1.165, 1.54) is 18.4 Å². The lowest BCUT2D eigenvalue weighted by Crippen LogP contribution is -2.46. The van der Waals surface area contributed by atoms with Gasteiger partial charge in [0.05, 0.1) is 6.54 Å². The first-order valence-corrected chi connectivity index (χ1v) is 9.45. The van der Waals surface area contributed by atoms with Gasteiger partial charge in [0.1, 0.15) is 0 Å². The average Bonchev–Trinajstić information content (AvgIpc) is 3.36. The quantitative estimate of drug-likeness (QED) is 0.764. The summed E-state index contributed by atoms with van der Waals surface area (Å²) < 4.78 is 1.12. The summed E-state index contributed by atoms with van der Waals surface area (Å²) in [6.45, 7) is 4.57. The minimum atomic E-state index is 0.150. The van der Waals surface area contributed by atoms with Crippen LogP contribution in [0.2, 0.25) is 0 Å². The number of nitrogens with zero attached hydrogens (tertiary/aromatic N) is 1. The standard InChI is InChI=1S/C18H26BrN3O/c19-16-5-3-15(4-6-16)13-22-9-7-17(8-10-22)21-18(23)12-20-11-14-1-2-14/h3-6,14,17,20H,1-2,7-13H2,(H,21,23). The van der Waals surface area contributed by atoms with Crippen LogP contribution >= 0.6 is 15.9 Å². The number of hydrogen-bond donors (Lipinski definition) is 2. The Balaban J connectivity index is 1.32. The van der Waals surface area contributed by atoms with E-state index in [9.17, 15) is 4.79 Å². The highest BCUT2D eigenvalue weighted by atomic mass is 79.9. The summed E-state index contributed by atoms with van der Waals surface area (Å²) in [6.07, 6.45) is 4.74. The molecule has 3 rings (SSSR count). The van der Waals surface area contributed by atoms with E-state index < -0.39 is 0 Å². The molecule has 0 atom stereocenters. The van der Waals surface area contributed by atoms with Gasteiger partial charge in [0.2, 0.25) is 5.91 Å². The van der Waals surface area contributed by atoms with E-state index in [2.05, 4.69) is 55.7 Å². The van der Waals surface area contributed by atoms with Crippen LogP contribution in [0.3, 0.4) is 0 Å². The van der Waals surface area contributed by atoms with Crippen molar-refractivity contribution in [3.8, 4) is 0 Å².